The highest BCUT2D eigenvalue weighted by molar-refractivity contribution is 7.10. The molecule has 5 heteroatoms. The number of amides is 1. The summed E-state index contributed by atoms with van der Waals surface area (Å²) in [5, 5.41) is 4.73. The Hall–Kier alpha value is -1.88. The van der Waals surface area contributed by atoms with Crippen LogP contribution in [0.4, 0.5) is 10.1 Å². The van der Waals surface area contributed by atoms with Crippen LogP contribution in [0.2, 0.25) is 0 Å². The van der Waals surface area contributed by atoms with E-state index in [2.05, 4.69) is 5.32 Å². The largest absolute Gasteiger partial charge is 0.398 e. The van der Waals surface area contributed by atoms with Gasteiger partial charge in [0.1, 0.15) is 5.82 Å². The van der Waals surface area contributed by atoms with Gasteiger partial charge in [0.25, 0.3) is 5.91 Å². The standard InChI is InChI=1S/C13H13FN2OS/c1-8(12-3-2-6-18-12)16-13(17)10-7-9(14)4-5-11(10)15/h2-8H,15H2,1H3,(H,16,17). The summed E-state index contributed by atoms with van der Waals surface area (Å²) in [6, 6.07) is 7.49. The highest BCUT2D eigenvalue weighted by Crippen LogP contribution is 2.20. The number of carbonyl (C=O) groups is 1. The minimum atomic E-state index is -0.474. The second kappa shape index (κ2) is 5.18. The van der Waals surface area contributed by atoms with E-state index < -0.39 is 5.82 Å². The van der Waals surface area contributed by atoms with E-state index in [-0.39, 0.29) is 23.2 Å². The number of halogens is 1. The summed E-state index contributed by atoms with van der Waals surface area (Å²) < 4.78 is 13.1. The highest BCUT2D eigenvalue weighted by Gasteiger charge is 2.15. The molecule has 1 aromatic carbocycles. The predicted molar refractivity (Wildman–Crippen MR) is 71.0 cm³/mol. The third kappa shape index (κ3) is 2.68. The molecule has 3 nitrogen and oxygen atoms in total. The van der Waals surface area contributed by atoms with Crippen LogP contribution in [0.3, 0.4) is 0 Å². The second-order valence-corrected chi connectivity index (χ2v) is 4.92. The lowest BCUT2D eigenvalue weighted by Gasteiger charge is -2.13. The maximum Gasteiger partial charge on any atom is 0.253 e. The van der Waals surface area contributed by atoms with Crippen molar-refractivity contribution in [2.75, 3.05) is 5.73 Å². The number of thiophene rings is 1. The van der Waals surface area contributed by atoms with E-state index in [1.54, 1.807) is 11.3 Å². The number of nitrogens with two attached hydrogens (primary N) is 1. The molecule has 0 bridgehead atoms. The number of rotatable bonds is 3. The number of anilines is 1. The van der Waals surface area contributed by atoms with Gasteiger partial charge in [0, 0.05) is 10.6 Å². The molecule has 0 aliphatic rings. The van der Waals surface area contributed by atoms with Gasteiger partial charge < -0.3 is 11.1 Å². The Labute approximate surface area is 108 Å². The summed E-state index contributed by atoms with van der Waals surface area (Å²) in [6.45, 7) is 1.87. The molecule has 1 aromatic heterocycles. The van der Waals surface area contributed by atoms with Gasteiger partial charge in [-0.1, -0.05) is 6.07 Å². The van der Waals surface area contributed by atoms with Crippen molar-refractivity contribution < 1.29 is 9.18 Å². The molecule has 2 aromatic rings. The topological polar surface area (TPSA) is 55.1 Å². The Bertz CT molecular complexity index is 554. The Kier molecular flexibility index (Phi) is 3.62. The summed E-state index contributed by atoms with van der Waals surface area (Å²) in [6.07, 6.45) is 0. The molecule has 1 atom stereocenters. The van der Waals surface area contributed by atoms with Crippen LogP contribution in [0, 0.1) is 5.82 Å². The number of nitrogens with one attached hydrogen (secondary N) is 1. The third-order valence-corrected chi connectivity index (χ3v) is 3.63. The third-order valence-electron chi connectivity index (χ3n) is 2.58. The summed E-state index contributed by atoms with van der Waals surface area (Å²) in [5.74, 6) is -0.842. The van der Waals surface area contributed by atoms with E-state index in [0.29, 0.717) is 0 Å². The average Bonchev–Trinajstić information content (AvgIpc) is 2.85. The minimum Gasteiger partial charge on any atom is -0.398 e. The first-order valence-electron chi connectivity index (χ1n) is 5.47. The number of hydrogen-bond acceptors (Lipinski definition) is 3. The number of nitrogen functional groups attached to an aromatic ring is 1. The zero-order chi connectivity index (χ0) is 13.1. The molecule has 0 aliphatic heterocycles. The quantitative estimate of drug-likeness (QED) is 0.837. The van der Waals surface area contributed by atoms with Crippen LogP contribution in [-0.2, 0) is 0 Å². The van der Waals surface area contributed by atoms with Crippen LogP contribution in [-0.4, -0.2) is 5.91 Å². The van der Waals surface area contributed by atoms with Crippen molar-refractivity contribution in [3.8, 4) is 0 Å². The van der Waals surface area contributed by atoms with Gasteiger partial charge in [-0.2, -0.15) is 0 Å². The SMILES string of the molecule is CC(NC(=O)c1cc(F)ccc1N)c1cccs1. The Morgan fingerprint density at radius 1 is 1.44 bits per heavy atom. The molecular formula is C13H13FN2OS. The van der Waals surface area contributed by atoms with Gasteiger partial charge in [-0.25, -0.2) is 4.39 Å². The molecule has 2 rings (SSSR count). The van der Waals surface area contributed by atoms with Crippen molar-refractivity contribution in [1.29, 1.82) is 0 Å². The molecule has 1 heterocycles. The highest BCUT2D eigenvalue weighted by atomic mass is 32.1. The van der Waals surface area contributed by atoms with Gasteiger partial charge in [-0.15, -0.1) is 11.3 Å². The van der Waals surface area contributed by atoms with Crippen molar-refractivity contribution >= 4 is 22.9 Å². The minimum absolute atomic E-state index is 0.125. The summed E-state index contributed by atoms with van der Waals surface area (Å²) >= 11 is 1.56. The lowest BCUT2D eigenvalue weighted by molar-refractivity contribution is 0.0941. The zero-order valence-corrected chi connectivity index (χ0v) is 10.6. The van der Waals surface area contributed by atoms with Gasteiger partial charge >= 0.3 is 0 Å². The summed E-state index contributed by atoms with van der Waals surface area (Å²) in [5.41, 5.74) is 6.10. The van der Waals surface area contributed by atoms with Gasteiger partial charge in [0.05, 0.1) is 11.6 Å². The van der Waals surface area contributed by atoms with Gasteiger partial charge in [-0.3, -0.25) is 4.79 Å². The van der Waals surface area contributed by atoms with Crippen molar-refractivity contribution in [2.24, 2.45) is 0 Å². The first-order chi connectivity index (χ1) is 8.58. The first kappa shape index (κ1) is 12.6. The van der Waals surface area contributed by atoms with Crippen LogP contribution < -0.4 is 11.1 Å². The first-order valence-corrected chi connectivity index (χ1v) is 6.35. The predicted octanol–water partition coefficient (Wildman–Crippen LogP) is 2.96. The van der Waals surface area contributed by atoms with Crippen LogP contribution in [0.1, 0.15) is 28.2 Å². The molecule has 18 heavy (non-hydrogen) atoms. The van der Waals surface area contributed by atoms with E-state index in [9.17, 15) is 9.18 Å². The number of benzene rings is 1. The van der Waals surface area contributed by atoms with Gasteiger partial charge in [0.15, 0.2) is 0 Å². The smallest absolute Gasteiger partial charge is 0.253 e. The number of carbonyl (C=O) groups excluding carboxylic acids is 1. The monoisotopic (exact) mass is 264 g/mol. The van der Waals surface area contributed by atoms with Crippen LogP contribution >= 0.6 is 11.3 Å². The fraction of sp³-hybridized carbons (Fsp3) is 0.154. The van der Waals surface area contributed by atoms with E-state index in [0.717, 1.165) is 10.9 Å². The molecule has 1 unspecified atom stereocenters. The maximum atomic E-state index is 13.1. The van der Waals surface area contributed by atoms with Crippen LogP contribution in [0.25, 0.3) is 0 Å². The van der Waals surface area contributed by atoms with E-state index in [4.69, 9.17) is 5.73 Å². The van der Waals surface area contributed by atoms with E-state index in [1.807, 2.05) is 24.4 Å². The van der Waals surface area contributed by atoms with E-state index in [1.165, 1.54) is 12.1 Å². The second-order valence-electron chi connectivity index (χ2n) is 3.94. The van der Waals surface area contributed by atoms with Gasteiger partial charge in [-0.05, 0) is 36.6 Å². The Balaban J connectivity index is 2.15. The van der Waals surface area contributed by atoms with Gasteiger partial charge in [0.2, 0.25) is 0 Å². The lowest BCUT2D eigenvalue weighted by atomic mass is 10.1. The molecule has 0 spiro atoms. The Morgan fingerprint density at radius 2 is 2.22 bits per heavy atom. The molecular weight excluding hydrogens is 251 g/mol. The van der Waals surface area contributed by atoms with E-state index >= 15 is 0 Å². The summed E-state index contributed by atoms with van der Waals surface area (Å²) in [4.78, 5) is 13.0. The molecule has 1 amide bonds. The Morgan fingerprint density at radius 3 is 2.89 bits per heavy atom. The summed E-state index contributed by atoms with van der Waals surface area (Å²) in [7, 11) is 0. The molecule has 3 N–H and O–H groups in total. The van der Waals surface area contributed by atoms with Crippen LogP contribution in [0.5, 0.6) is 0 Å². The normalized spacial score (nSPS) is 12.1. The molecule has 94 valence electrons. The van der Waals surface area contributed by atoms with Crippen molar-refractivity contribution in [1.82, 2.24) is 5.32 Å². The molecule has 0 fully saturated rings. The average molecular weight is 264 g/mol. The van der Waals surface area contributed by atoms with Crippen molar-refractivity contribution in [3.05, 3.63) is 52.0 Å². The maximum absolute atomic E-state index is 13.1. The molecule has 0 radical (unpaired) electrons. The van der Waals surface area contributed by atoms with Crippen LogP contribution in [0.15, 0.2) is 35.7 Å². The molecule has 0 aliphatic carbocycles. The van der Waals surface area contributed by atoms with Crippen molar-refractivity contribution in [2.45, 2.75) is 13.0 Å². The fourth-order valence-corrected chi connectivity index (χ4v) is 2.34. The zero-order valence-electron chi connectivity index (χ0n) is 9.81. The number of hydrogen-bond donors (Lipinski definition) is 2. The molecule has 0 saturated carbocycles. The lowest BCUT2D eigenvalue weighted by Crippen LogP contribution is -2.27. The van der Waals surface area contributed by atoms with Crippen molar-refractivity contribution in [3.63, 3.8) is 0 Å². The molecule has 0 saturated heterocycles. The fourth-order valence-electron chi connectivity index (χ4n) is 1.61.